The van der Waals surface area contributed by atoms with Gasteiger partial charge in [0, 0.05) is 0 Å². The summed E-state index contributed by atoms with van der Waals surface area (Å²) < 4.78 is 0. The van der Waals surface area contributed by atoms with Crippen LogP contribution in [-0.4, -0.2) is 0 Å². The molecule has 1 aromatic rings. The van der Waals surface area contributed by atoms with E-state index in [-0.39, 0.29) is 37.7 Å². The van der Waals surface area contributed by atoms with Crippen LogP contribution in [0.2, 0.25) is 0 Å². The standard InChI is InChI=1S/C8H9P.2Li/c1-6-3-4-7(2)8(9)5-6;;/h3-5H,1-2H3;;/q-2;2*+1. The molecule has 0 saturated heterocycles. The van der Waals surface area contributed by atoms with Crippen molar-refractivity contribution in [3.05, 3.63) is 29.3 Å². The molecule has 0 nitrogen and oxygen atoms in total. The summed E-state index contributed by atoms with van der Waals surface area (Å²) in [6, 6.07) is 6.24. The van der Waals surface area contributed by atoms with E-state index in [2.05, 4.69) is 41.3 Å². The maximum Gasteiger partial charge on any atom is 1.00 e. The molecule has 0 heterocycles. The molecule has 0 bridgehead atoms. The molecule has 11 heavy (non-hydrogen) atoms. The molecular weight excluding hydrogens is 141 g/mol. The van der Waals surface area contributed by atoms with Crippen molar-refractivity contribution >= 4 is 14.5 Å². The summed E-state index contributed by atoms with van der Waals surface area (Å²) in [5.41, 5.74) is 2.51. The first-order valence-electron chi connectivity index (χ1n) is 2.96. The van der Waals surface area contributed by atoms with Crippen LogP contribution in [0.25, 0.3) is 0 Å². The molecule has 0 N–H and O–H groups in total. The average Bonchev–Trinajstić information content (AvgIpc) is 1.80. The number of rotatable bonds is 0. The molecule has 0 aliphatic carbocycles. The van der Waals surface area contributed by atoms with Crippen LogP contribution >= 0.6 is 9.24 Å². The predicted octanol–water partition coefficient (Wildman–Crippen LogP) is -3.65. The molecule has 1 rings (SSSR count). The van der Waals surface area contributed by atoms with Crippen LogP contribution in [-0.2, 0) is 0 Å². The molecule has 0 aliphatic heterocycles. The van der Waals surface area contributed by atoms with Crippen molar-refractivity contribution in [2.24, 2.45) is 0 Å². The van der Waals surface area contributed by atoms with E-state index in [0.717, 1.165) is 5.30 Å². The molecule has 48 valence electrons. The summed E-state index contributed by atoms with van der Waals surface area (Å²) in [5, 5.41) is 1.08. The Morgan fingerprint density at radius 2 is 1.64 bits per heavy atom. The molecular formula is C8H9Li2P. The van der Waals surface area contributed by atoms with Gasteiger partial charge in [-0.2, -0.15) is 0 Å². The molecule has 0 aliphatic rings. The number of benzene rings is 1. The van der Waals surface area contributed by atoms with Crippen LogP contribution in [0.5, 0.6) is 0 Å². The molecule has 0 aromatic heterocycles. The summed E-state index contributed by atoms with van der Waals surface area (Å²) in [4.78, 5) is 0. The molecule has 0 unspecified atom stereocenters. The second kappa shape index (κ2) is 6.37. The minimum absolute atomic E-state index is 0. The van der Waals surface area contributed by atoms with E-state index < -0.39 is 0 Å². The Labute approximate surface area is 95.1 Å². The molecule has 0 saturated carbocycles. The fourth-order valence-electron chi connectivity index (χ4n) is 0.719. The Morgan fingerprint density at radius 3 is 2.00 bits per heavy atom. The monoisotopic (exact) mass is 150 g/mol. The van der Waals surface area contributed by atoms with E-state index in [1.54, 1.807) is 0 Å². The normalized spacial score (nSPS) is 7.91. The van der Waals surface area contributed by atoms with Gasteiger partial charge >= 0.3 is 37.7 Å². The fourth-order valence-corrected chi connectivity index (χ4v) is 0.998. The van der Waals surface area contributed by atoms with Crippen LogP contribution in [0.15, 0.2) is 18.2 Å². The molecule has 0 radical (unpaired) electrons. The smallest absolute Gasteiger partial charge is 1.00 e. The van der Waals surface area contributed by atoms with E-state index in [1.807, 2.05) is 0 Å². The van der Waals surface area contributed by atoms with Gasteiger partial charge in [0.15, 0.2) is 0 Å². The van der Waals surface area contributed by atoms with E-state index in [0.29, 0.717) is 0 Å². The van der Waals surface area contributed by atoms with Crippen molar-refractivity contribution in [3.63, 3.8) is 0 Å². The largest absolute Gasteiger partial charge is 1.45 e. The van der Waals surface area contributed by atoms with Crippen molar-refractivity contribution < 1.29 is 37.7 Å². The van der Waals surface area contributed by atoms with Gasteiger partial charge in [-0.1, -0.05) is 17.7 Å². The third-order valence-corrected chi connectivity index (χ3v) is 1.85. The molecule has 0 spiro atoms. The minimum atomic E-state index is 0. The predicted molar refractivity (Wildman–Crippen MR) is 42.5 cm³/mol. The maximum atomic E-state index is 4.27. The quantitative estimate of drug-likeness (QED) is 0.264. The summed E-state index contributed by atoms with van der Waals surface area (Å²) in [5.74, 6) is 0. The third kappa shape index (κ3) is 4.43. The first-order valence-corrected chi connectivity index (χ1v) is 3.41. The van der Waals surface area contributed by atoms with E-state index in [9.17, 15) is 0 Å². The summed E-state index contributed by atoms with van der Waals surface area (Å²) in [6.07, 6.45) is 0. The topological polar surface area (TPSA) is 0 Å². The number of hydrogen-bond acceptors (Lipinski definition) is 0. The first-order chi connectivity index (χ1) is 4.20. The number of hydrogen-bond donors (Lipinski definition) is 0. The Balaban J connectivity index is 0. The molecule has 0 atom stereocenters. The van der Waals surface area contributed by atoms with Crippen molar-refractivity contribution in [3.8, 4) is 0 Å². The summed E-state index contributed by atoms with van der Waals surface area (Å²) in [6.45, 7) is 4.13. The molecule has 0 fully saturated rings. The second-order valence-electron chi connectivity index (χ2n) is 2.29. The van der Waals surface area contributed by atoms with Gasteiger partial charge < -0.3 is 14.5 Å². The molecule has 0 amide bonds. The molecule has 1 aromatic carbocycles. The average molecular weight is 150 g/mol. The fraction of sp³-hybridized carbons (Fsp3) is 0.250. The van der Waals surface area contributed by atoms with E-state index in [4.69, 9.17) is 0 Å². The van der Waals surface area contributed by atoms with Crippen molar-refractivity contribution in [1.29, 1.82) is 0 Å². The maximum absolute atomic E-state index is 4.27. The zero-order valence-corrected chi connectivity index (χ0v) is 8.57. The van der Waals surface area contributed by atoms with Crippen LogP contribution in [0.4, 0.5) is 0 Å². The van der Waals surface area contributed by atoms with Crippen LogP contribution in [0.3, 0.4) is 0 Å². The first kappa shape index (κ1) is 14.4. The van der Waals surface area contributed by atoms with Crippen LogP contribution < -0.4 is 43.0 Å². The Kier molecular flexibility index (Phi) is 8.32. The second-order valence-corrected chi connectivity index (χ2v) is 2.77. The van der Waals surface area contributed by atoms with E-state index >= 15 is 0 Å². The van der Waals surface area contributed by atoms with Gasteiger partial charge in [-0.15, -0.1) is 11.6 Å². The van der Waals surface area contributed by atoms with Crippen LogP contribution in [0.1, 0.15) is 11.1 Å². The zero-order valence-electron chi connectivity index (χ0n) is 7.68. The van der Waals surface area contributed by atoms with Crippen molar-refractivity contribution in [2.75, 3.05) is 0 Å². The Hall–Kier alpha value is 0.845. The van der Waals surface area contributed by atoms with Gasteiger partial charge in [0.25, 0.3) is 0 Å². The zero-order chi connectivity index (χ0) is 6.85. The van der Waals surface area contributed by atoms with Crippen molar-refractivity contribution in [2.45, 2.75) is 13.8 Å². The summed E-state index contributed by atoms with van der Waals surface area (Å²) in [7, 11) is 4.27. The van der Waals surface area contributed by atoms with Gasteiger partial charge in [0.1, 0.15) is 0 Å². The van der Waals surface area contributed by atoms with Gasteiger partial charge in [-0.3, -0.25) is 0 Å². The number of aryl methyl sites for hydroxylation is 2. The third-order valence-electron chi connectivity index (χ3n) is 1.36. The van der Waals surface area contributed by atoms with Gasteiger partial charge in [-0.05, 0) is 13.8 Å². The van der Waals surface area contributed by atoms with Gasteiger partial charge in [-0.25, -0.2) is 0 Å². The Bertz CT molecular complexity index is 223. The Morgan fingerprint density at radius 1 is 1.09 bits per heavy atom. The van der Waals surface area contributed by atoms with Gasteiger partial charge in [0.05, 0.1) is 0 Å². The minimum Gasteiger partial charge on any atom is -1.45 e. The SMILES string of the molecule is Cc1ccc(C)c([P-2])c1.[Li+].[Li+]. The summed E-state index contributed by atoms with van der Waals surface area (Å²) >= 11 is 0. The van der Waals surface area contributed by atoms with E-state index in [1.165, 1.54) is 11.1 Å². The molecule has 3 heteroatoms. The van der Waals surface area contributed by atoms with Gasteiger partial charge in [0.2, 0.25) is 0 Å². The van der Waals surface area contributed by atoms with Crippen molar-refractivity contribution in [1.82, 2.24) is 0 Å². The van der Waals surface area contributed by atoms with Crippen LogP contribution in [0, 0.1) is 13.8 Å².